The number of rotatable bonds is 32. The molecule has 0 radical (unpaired) electrons. The Morgan fingerprint density at radius 3 is 1.39 bits per heavy atom. The van der Waals surface area contributed by atoms with Crippen LogP contribution in [0.5, 0.6) is 0 Å². The molecule has 2 aliphatic rings. The van der Waals surface area contributed by atoms with Gasteiger partial charge in [0, 0.05) is 19.4 Å². The Morgan fingerprint density at radius 2 is 0.959 bits per heavy atom. The summed E-state index contributed by atoms with van der Waals surface area (Å²) >= 11 is 0. The van der Waals surface area contributed by atoms with Crippen molar-refractivity contribution in [1.29, 1.82) is 0 Å². The first-order valence-electron chi connectivity index (χ1n) is 20.8. The molecule has 2 rings (SSSR count). The zero-order valence-corrected chi connectivity index (χ0v) is 32.5. The molecule has 5 nitrogen and oxygen atoms in total. The van der Waals surface area contributed by atoms with Crippen molar-refractivity contribution in [3.63, 3.8) is 0 Å². The number of allylic oxidation sites excluding steroid dienone is 8. The quantitative estimate of drug-likeness (QED) is 0.0401. The van der Waals surface area contributed by atoms with Crippen molar-refractivity contribution in [2.75, 3.05) is 20.6 Å². The minimum Gasteiger partial charge on any atom is -0.456 e. The van der Waals surface area contributed by atoms with E-state index in [1.807, 2.05) is 14.1 Å². The van der Waals surface area contributed by atoms with Gasteiger partial charge in [0.15, 0.2) is 11.9 Å². The molecule has 0 aromatic carbocycles. The minimum absolute atomic E-state index is 0.243. The monoisotopic (exact) mass is 684 g/mol. The molecular formula is C44H77NO4. The van der Waals surface area contributed by atoms with Gasteiger partial charge in [-0.15, -0.1) is 0 Å². The summed E-state index contributed by atoms with van der Waals surface area (Å²) in [6.07, 6.45) is 49.0. The van der Waals surface area contributed by atoms with Gasteiger partial charge in [-0.2, -0.15) is 0 Å². The summed E-state index contributed by atoms with van der Waals surface area (Å²) in [5, 5.41) is 0. The standard InChI is InChI=1S/C44H77NO4/c1-5-7-9-11-13-15-17-19-21-23-25-27-29-31-33-35-37-44(48-41-40(39-45(3)4)47-43(46)42(41)49-44)38-36-34-32-30-28-26-24-22-20-18-16-14-12-10-8-6-2/h13-16,19-22,40-42H,5-12,17-18,23-39H2,1-4H3/b15-13-,16-14-,21-19-,22-20-/t40-,41+,42-/m1/s1. The van der Waals surface area contributed by atoms with Crippen molar-refractivity contribution in [2.24, 2.45) is 0 Å². The summed E-state index contributed by atoms with van der Waals surface area (Å²) in [4.78, 5) is 14.8. The molecule has 0 spiro atoms. The van der Waals surface area contributed by atoms with Crippen LogP contribution in [0.2, 0.25) is 0 Å². The number of hydrogen-bond acceptors (Lipinski definition) is 5. The van der Waals surface area contributed by atoms with E-state index in [4.69, 9.17) is 14.2 Å². The summed E-state index contributed by atoms with van der Waals surface area (Å²) in [6, 6.07) is 0. The second-order valence-corrected chi connectivity index (χ2v) is 14.9. The predicted octanol–water partition coefficient (Wildman–Crippen LogP) is 12.4. The molecule has 0 saturated carbocycles. The lowest BCUT2D eigenvalue weighted by molar-refractivity contribution is -0.211. The first kappa shape index (κ1) is 43.5. The summed E-state index contributed by atoms with van der Waals surface area (Å²) in [7, 11) is 4.02. The first-order valence-corrected chi connectivity index (χ1v) is 20.8. The molecule has 2 heterocycles. The van der Waals surface area contributed by atoms with Crippen LogP contribution in [0.15, 0.2) is 48.6 Å². The molecule has 0 aromatic rings. The number of ether oxygens (including phenoxy) is 3. The molecule has 2 saturated heterocycles. The SMILES string of the molecule is CCCCC/C=C\C/C=C\CCCCCCCCC1(CCCCCCCC/C=C\C/C=C\CCCCC)O[C@H]2[C@@H](CN(C)C)OC(=O)[C@@H]2O1. The third kappa shape index (κ3) is 20.7. The van der Waals surface area contributed by atoms with Crippen LogP contribution in [0.1, 0.15) is 181 Å². The number of likely N-dealkylation sites (N-methyl/N-ethyl adjacent to an activating group) is 1. The van der Waals surface area contributed by atoms with Crippen LogP contribution in [0, 0.1) is 0 Å². The zero-order chi connectivity index (χ0) is 35.3. The fraction of sp³-hybridized carbons (Fsp3) is 0.795. The molecule has 282 valence electrons. The number of fused-ring (bicyclic) bond motifs is 1. The van der Waals surface area contributed by atoms with Crippen LogP contribution < -0.4 is 0 Å². The Bertz CT molecular complexity index is 874. The molecule has 0 bridgehead atoms. The Labute approximate surface area is 303 Å². The van der Waals surface area contributed by atoms with Crippen LogP contribution in [0.4, 0.5) is 0 Å². The largest absolute Gasteiger partial charge is 0.456 e. The number of carbonyl (C=O) groups excluding carboxylic acids is 1. The van der Waals surface area contributed by atoms with Gasteiger partial charge in [0.2, 0.25) is 0 Å². The molecular weight excluding hydrogens is 606 g/mol. The van der Waals surface area contributed by atoms with Crippen molar-refractivity contribution < 1.29 is 19.0 Å². The molecule has 2 aliphatic heterocycles. The lowest BCUT2D eigenvalue weighted by Gasteiger charge is -2.30. The molecule has 0 aliphatic carbocycles. The van der Waals surface area contributed by atoms with Gasteiger partial charge in [0.25, 0.3) is 0 Å². The summed E-state index contributed by atoms with van der Waals surface area (Å²) < 4.78 is 18.8. The van der Waals surface area contributed by atoms with Gasteiger partial charge >= 0.3 is 5.97 Å². The highest BCUT2D eigenvalue weighted by atomic mass is 16.8. The average molecular weight is 684 g/mol. The number of esters is 1. The highest BCUT2D eigenvalue weighted by molar-refractivity contribution is 5.78. The number of nitrogens with zero attached hydrogens (tertiary/aromatic N) is 1. The van der Waals surface area contributed by atoms with E-state index in [1.165, 1.54) is 128 Å². The van der Waals surface area contributed by atoms with E-state index in [1.54, 1.807) is 0 Å². The Morgan fingerprint density at radius 1 is 0.551 bits per heavy atom. The Kier molecular flexibility index (Phi) is 25.7. The summed E-state index contributed by atoms with van der Waals surface area (Å²) in [6.45, 7) is 5.19. The van der Waals surface area contributed by atoms with E-state index < -0.39 is 11.9 Å². The molecule has 0 N–H and O–H groups in total. The number of unbranched alkanes of at least 4 members (excludes halogenated alkanes) is 18. The van der Waals surface area contributed by atoms with Gasteiger partial charge in [0.1, 0.15) is 12.2 Å². The first-order chi connectivity index (χ1) is 24.0. The number of hydrogen-bond donors (Lipinski definition) is 0. The minimum atomic E-state index is -0.635. The van der Waals surface area contributed by atoms with E-state index in [0.717, 1.165) is 38.5 Å². The zero-order valence-electron chi connectivity index (χ0n) is 32.5. The van der Waals surface area contributed by atoms with Gasteiger partial charge in [-0.3, -0.25) is 0 Å². The number of carbonyl (C=O) groups is 1. The number of cyclic esters (lactones) is 1. The van der Waals surface area contributed by atoms with Gasteiger partial charge in [0.05, 0.1) is 0 Å². The second kappa shape index (κ2) is 28.9. The van der Waals surface area contributed by atoms with Crippen LogP contribution in [0.3, 0.4) is 0 Å². The normalized spacial score (nSPS) is 20.7. The van der Waals surface area contributed by atoms with Crippen molar-refractivity contribution in [2.45, 2.75) is 205 Å². The van der Waals surface area contributed by atoms with Crippen LogP contribution in [-0.4, -0.2) is 55.6 Å². The van der Waals surface area contributed by atoms with E-state index >= 15 is 0 Å². The maximum absolute atomic E-state index is 12.7. The van der Waals surface area contributed by atoms with Gasteiger partial charge in [-0.05, 0) is 91.1 Å². The van der Waals surface area contributed by atoms with Crippen molar-refractivity contribution in [3.8, 4) is 0 Å². The third-order valence-electron chi connectivity index (χ3n) is 9.92. The fourth-order valence-electron chi connectivity index (χ4n) is 7.00. The highest BCUT2D eigenvalue weighted by Gasteiger charge is 2.58. The predicted molar refractivity (Wildman–Crippen MR) is 209 cm³/mol. The molecule has 49 heavy (non-hydrogen) atoms. The van der Waals surface area contributed by atoms with E-state index in [2.05, 4.69) is 67.4 Å². The Balaban J connectivity index is 1.63. The van der Waals surface area contributed by atoms with Crippen molar-refractivity contribution in [3.05, 3.63) is 48.6 Å². The lowest BCUT2D eigenvalue weighted by atomic mass is 9.98. The summed E-state index contributed by atoms with van der Waals surface area (Å²) in [5.41, 5.74) is 0. The van der Waals surface area contributed by atoms with Crippen molar-refractivity contribution in [1.82, 2.24) is 4.90 Å². The summed E-state index contributed by atoms with van der Waals surface area (Å²) in [5.74, 6) is -0.878. The lowest BCUT2D eigenvalue weighted by Crippen LogP contribution is -2.38. The molecule has 0 unspecified atom stereocenters. The van der Waals surface area contributed by atoms with E-state index in [9.17, 15) is 4.79 Å². The fourth-order valence-corrected chi connectivity index (χ4v) is 7.00. The van der Waals surface area contributed by atoms with Gasteiger partial charge < -0.3 is 19.1 Å². The van der Waals surface area contributed by atoms with E-state index in [0.29, 0.717) is 6.54 Å². The van der Waals surface area contributed by atoms with Gasteiger partial charge in [-0.25, -0.2) is 4.79 Å². The molecule has 3 atom stereocenters. The third-order valence-corrected chi connectivity index (χ3v) is 9.92. The average Bonchev–Trinajstić information content (AvgIpc) is 3.59. The maximum atomic E-state index is 12.7. The molecule has 0 amide bonds. The second-order valence-electron chi connectivity index (χ2n) is 14.9. The van der Waals surface area contributed by atoms with Crippen LogP contribution in [0.25, 0.3) is 0 Å². The molecule has 0 aromatic heterocycles. The van der Waals surface area contributed by atoms with Gasteiger partial charge in [-0.1, -0.05) is 140 Å². The topological polar surface area (TPSA) is 48.0 Å². The van der Waals surface area contributed by atoms with E-state index in [-0.39, 0.29) is 18.2 Å². The van der Waals surface area contributed by atoms with Crippen LogP contribution in [-0.2, 0) is 19.0 Å². The Hall–Kier alpha value is -1.69. The van der Waals surface area contributed by atoms with Crippen molar-refractivity contribution >= 4 is 5.97 Å². The molecule has 2 fully saturated rings. The maximum Gasteiger partial charge on any atom is 0.338 e. The smallest absolute Gasteiger partial charge is 0.338 e. The molecule has 5 heteroatoms. The highest BCUT2D eigenvalue weighted by Crippen LogP contribution is 2.42. The van der Waals surface area contributed by atoms with Crippen LogP contribution >= 0.6 is 0 Å².